The van der Waals surface area contributed by atoms with Gasteiger partial charge in [-0.15, -0.1) is 0 Å². The fourth-order valence-electron chi connectivity index (χ4n) is 2.47. The van der Waals surface area contributed by atoms with Crippen molar-refractivity contribution < 1.29 is 0 Å². The molecule has 0 unspecified atom stereocenters. The van der Waals surface area contributed by atoms with Crippen LogP contribution in [0.1, 0.15) is 0 Å². The molecule has 0 aliphatic carbocycles. The molecular formula is C13H9BrN4. The van der Waals surface area contributed by atoms with Crippen LogP contribution in [0.4, 0.5) is 0 Å². The van der Waals surface area contributed by atoms with Crippen LogP contribution in [-0.4, -0.2) is 19.7 Å². The lowest BCUT2D eigenvalue weighted by atomic mass is 10.1. The van der Waals surface area contributed by atoms with Gasteiger partial charge in [0.25, 0.3) is 0 Å². The lowest BCUT2D eigenvalue weighted by molar-refractivity contribution is 0.797. The van der Waals surface area contributed by atoms with Gasteiger partial charge in [-0.05, 0) is 34.1 Å². The normalized spacial score (nSPS) is 11.9. The molecule has 5 heteroatoms. The summed E-state index contributed by atoms with van der Waals surface area (Å²) in [5.74, 6) is 0. The zero-order valence-electron chi connectivity index (χ0n) is 9.61. The zero-order chi connectivity index (χ0) is 12.3. The molecule has 0 bridgehead atoms. The van der Waals surface area contributed by atoms with Crippen LogP contribution in [0.5, 0.6) is 0 Å². The first-order chi connectivity index (χ1) is 8.74. The third-order valence-corrected chi connectivity index (χ3v) is 3.73. The molecule has 0 saturated carbocycles. The number of hydrogen-bond acceptors (Lipinski definition) is 2. The first-order valence-electron chi connectivity index (χ1n) is 5.62. The number of aromatic amines is 1. The Bertz CT molecular complexity index is 903. The van der Waals surface area contributed by atoms with Gasteiger partial charge in [0.15, 0.2) is 0 Å². The highest BCUT2D eigenvalue weighted by Gasteiger charge is 2.11. The largest absolute Gasteiger partial charge is 0.353 e. The van der Waals surface area contributed by atoms with Crippen LogP contribution in [0, 0.1) is 0 Å². The number of nitrogens with zero attached hydrogens (tertiary/aromatic N) is 3. The molecule has 0 aliphatic heterocycles. The Morgan fingerprint density at radius 1 is 1.22 bits per heavy atom. The number of H-pyrrole nitrogens is 1. The van der Waals surface area contributed by atoms with E-state index in [2.05, 4.69) is 43.1 Å². The molecule has 88 valence electrons. The standard InChI is InChI=1S/C13H9BrN4/c1-18-11-3-2-9-12(8(11)6-16-18)13-10(17-9)4-7(14)5-15-13/h2-6,17H,1H3. The number of halogens is 1. The van der Waals surface area contributed by atoms with Gasteiger partial charge in [-0.3, -0.25) is 9.67 Å². The number of nitrogens with one attached hydrogen (secondary N) is 1. The van der Waals surface area contributed by atoms with E-state index in [-0.39, 0.29) is 0 Å². The molecule has 0 aliphatic rings. The van der Waals surface area contributed by atoms with E-state index < -0.39 is 0 Å². The summed E-state index contributed by atoms with van der Waals surface area (Å²) in [6.45, 7) is 0. The Hall–Kier alpha value is -1.88. The Kier molecular flexibility index (Phi) is 1.86. The minimum atomic E-state index is 0.976. The van der Waals surface area contributed by atoms with E-state index >= 15 is 0 Å². The van der Waals surface area contributed by atoms with Gasteiger partial charge in [-0.2, -0.15) is 5.10 Å². The molecule has 0 saturated heterocycles. The van der Waals surface area contributed by atoms with Crippen LogP contribution in [0.15, 0.2) is 35.1 Å². The molecule has 1 N–H and O–H groups in total. The molecule has 0 spiro atoms. The summed E-state index contributed by atoms with van der Waals surface area (Å²) in [7, 11) is 1.95. The fourth-order valence-corrected chi connectivity index (χ4v) is 2.80. The molecule has 0 radical (unpaired) electrons. The second-order valence-corrected chi connectivity index (χ2v) is 5.28. The van der Waals surface area contributed by atoms with E-state index in [1.54, 1.807) is 0 Å². The van der Waals surface area contributed by atoms with Crippen molar-refractivity contribution in [2.45, 2.75) is 0 Å². The lowest BCUT2D eigenvalue weighted by Crippen LogP contribution is -1.87. The summed E-state index contributed by atoms with van der Waals surface area (Å²) in [5.41, 5.74) is 4.24. The third-order valence-electron chi connectivity index (χ3n) is 3.29. The van der Waals surface area contributed by atoms with Gasteiger partial charge in [-0.25, -0.2) is 0 Å². The predicted molar refractivity (Wildman–Crippen MR) is 75.6 cm³/mol. The highest BCUT2D eigenvalue weighted by molar-refractivity contribution is 9.10. The Labute approximate surface area is 111 Å². The molecule has 0 atom stereocenters. The third kappa shape index (κ3) is 1.19. The molecule has 3 heterocycles. The summed E-state index contributed by atoms with van der Waals surface area (Å²) < 4.78 is 2.86. The van der Waals surface area contributed by atoms with Crippen molar-refractivity contribution in [1.82, 2.24) is 19.7 Å². The number of aromatic nitrogens is 4. The predicted octanol–water partition coefficient (Wildman–Crippen LogP) is 3.37. The summed E-state index contributed by atoms with van der Waals surface area (Å²) in [5, 5.41) is 6.59. The summed E-state index contributed by atoms with van der Waals surface area (Å²) in [6.07, 6.45) is 3.72. The van der Waals surface area contributed by atoms with Crippen molar-refractivity contribution in [2.24, 2.45) is 7.05 Å². The average Bonchev–Trinajstić information content (AvgIpc) is 2.89. The maximum Gasteiger partial charge on any atom is 0.0965 e. The quantitative estimate of drug-likeness (QED) is 0.541. The lowest BCUT2D eigenvalue weighted by Gasteiger charge is -1.95. The number of fused-ring (bicyclic) bond motifs is 5. The summed E-state index contributed by atoms with van der Waals surface area (Å²) >= 11 is 3.44. The maximum absolute atomic E-state index is 4.51. The molecule has 4 aromatic rings. The average molecular weight is 301 g/mol. The highest BCUT2D eigenvalue weighted by Crippen LogP contribution is 2.31. The van der Waals surface area contributed by atoms with Crippen LogP contribution >= 0.6 is 15.9 Å². The Morgan fingerprint density at radius 3 is 3.00 bits per heavy atom. The van der Waals surface area contributed by atoms with E-state index in [1.165, 1.54) is 0 Å². The number of pyridine rings is 1. The van der Waals surface area contributed by atoms with Crippen LogP contribution in [-0.2, 0) is 7.05 Å². The monoisotopic (exact) mass is 300 g/mol. The van der Waals surface area contributed by atoms with Gasteiger partial charge in [0.05, 0.1) is 22.7 Å². The van der Waals surface area contributed by atoms with Crippen molar-refractivity contribution >= 4 is 48.8 Å². The zero-order valence-corrected chi connectivity index (χ0v) is 11.2. The van der Waals surface area contributed by atoms with Crippen LogP contribution in [0.2, 0.25) is 0 Å². The van der Waals surface area contributed by atoms with Crippen LogP contribution < -0.4 is 0 Å². The van der Waals surface area contributed by atoms with Crippen molar-refractivity contribution in [2.75, 3.05) is 0 Å². The second-order valence-electron chi connectivity index (χ2n) is 4.36. The van der Waals surface area contributed by atoms with E-state index in [1.807, 2.05) is 30.2 Å². The first-order valence-corrected chi connectivity index (χ1v) is 6.41. The minimum Gasteiger partial charge on any atom is -0.353 e. The van der Waals surface area contributed by atoms with Crippen molar-refractivity contribution in [3.8, 4) is 0 Å². The van der Waals surface area contributed by atoms with Gasteiger partial charge in [0.2, 0.25) is 0 Å². The van der Waals surface area contributed by atoms with Gasteiger partial charge < -0.3 is 4.98 Å². The number of aryl methyl sites for hydroxylation is 1. The maximum atomic E-state index is 4.51. The number of benzene rings is 1. The van der Waals surface area contributed by atoms with Gasteiger partial charge >= 0.3 is 0 Å². The van der Waals surface area contributed by atoms with E-state index in [9.17, 15) is 0 Å². The number of rotatable bonds is 0. The SMILES string of the molecule is Cn1ncc2c3c(ccc21)[nH]c1cc(Br)cnc13. The fraction of sp³-hybridized carbons (Fsp3) is 0.0769. The van der Waals surface area contributed by atoms with Crippen molar-refractivity contribution in [3.63, 3.8) is 0 Å². The molecule has 1 aromatic carbocycles. The Balaban J connectivity index is 2.32. The summed E-state index contributed by atoms with van der Waals surface area (Å²) in [6, 6.07) is 6.20. The van der Waals surface area contributed by atoms with E-state index in [0.717, 1.165) is 37.3 Å². The molecule has 0 fully saturated rings. The molecular weight excluding hydrogens is 292 g/mol. The van der Waals surface area contributed by atoms with Crippen molar-refractivity contribution in [3.05, 3.63) is 35.1 Å². The minimum absolute atomic E-state index is 0.976. The molecule has 3 aromatic heterocycles. The Morgan fingerprint density at radius 2 is 2.11 bits per heavy atom. The van der Waals surface area contributed by atoms with E-state index in [0.29, 0.717) is 0 Å². The summed E-state index contributed by atoms with van der Waals surface area (Å²) in [4.78, 5) is 7.90. The van der Waals surface area contributed by atoms with Gasteiger partial charge in [0.1, 0.15) is 0 Å². The molecule has 4 rings (SSSR count). The van der Waals surface area contributed by atoms with Gasteiger partial charge in [0, 0.05) is 34.0 Å². The van der Waals surface area contributed by atoms with Crippen LogP contribution in [0.25, 0.3) is 32.8 Å². The van der Waals surface area contributed by atoms with Crippen LogP contribution in [0.3, 0.4) is 0 Å². The first kappa shape index (κ1) is 10.1. The van der Waals surface area contributed by atoms with Gasteiger partial charge in [-0.1, -0.05) is 0 Å². The molecule has 0 amide bonds. The molecule has 18 heavy (non-hydrogen) atoms. The smallest absolute Gasteiger partial charge is 0.0965 e. The van der Waals surface area contributed by atoms with E-state index in [4.69, 9.17) is 0 Å². The topological polar surface area (TPSA) is 46.5 Å². The number of hydrogen-bond donors (Lipinski definition) is 1. The molecule has 4 nitrogen and oxygen atoms in total. The van der Waals surface area contributed by atoms with Crippen molar-refractivity contribution in [1.29, 1.82) is 0 Å². The highest BCUT2D eigenvalue weighted by atomic mass is 79.9. The second kappa shape index (κ2) is 3.32.